The third-order valence-electron chi connectivity index (χ3n) is 4.28. The molecular weight excluding hydrogens is 368 g/mol. The SMILES string of the molecule is CCCc1ccc(OCCOc2ccc(CCNC(=O)CC#N)cc2OC)cc1. The summed E-state index contributed by atoms with van der Waals surface area (Å²) in [6.45, 7) is 3.46. The highest BCUT2D eigenvalue weighted by Gasteiger charge is 2.07. The lowest BCUT2D eigenvalue weighted by molar-refractivity contribution is -0.120. The smallest absolute Gasteiger partial charge is 0.234 e. The van der Waals surface area contributed by atoms with Gasteiger partial charge in [0.2, 0.25) is 5.91 Å². The summed E-state index contributed by atoms with van der Waals surface area (Å²) in [7, 11) is 1.59. The first kappa shape index (κ1) is 22.1. The highest BCUT2D eigenvalue weighted by Crippen LogP contribution is 2.28. The number of hydrogen-bond donors (Lipinski definition) is 1. The summed E-state index contributed by atoms with van der Waals surface area (Å²) in [5.41, 5.74) is 2.32. The van der Waals surface area contributed by atoms with E-state index in [1.807, 2.05) is 36.4 Å². The number of nitrogens with one attached hydrogen (secondary N) is 1. The normalized spacial score (nSPS) is 10.1. The van der Waals surface area contributed by atoms with Gasteiger partial charge in [-0.1, -0.05) is 31.5 Å². The molecule has 0 atom stereocenters. The van der Waals surface area contributed by atoms with Crippen molar-refractivity contribution in [2.75, 3.05) is 26.9 Å². The van der Waals surface area contributed by atoms with Crippen LogP contribution < -0.4 is 19.5 Å². The largest absolute Gasteiger partial charge is 0.493 e. The van der Waals surface area contributed by atoms with Crippen LogP contribution in [0.15, 0.2) is 42.5 Å². The molecule has 0 saturated carbocycles. The third-order valence-corrected chi connectivity index (χ3v) is 4.28. The van der Waals surface area contributed by atoms with Crippen LogP contribution in [0.2, 0.25) is 0 Å². The summed E-state index contributed by atoms with van der Waals surface area (Å²) < 4.78 is 16.9. The average Bonchev–Trinajstić information content (AvgIpc) is 2.73. The molecule has 0 fully saturated rings. The third kappa shape index (κ3) is 7.74. The summed E-state index contributed by atoms with van der Waals surface area (Å²) in [5.74, 6) is 1.84. The maximum atomic E-state index is 11.3. The molecule has 0 bridgehead atoms. The Bertz CT molecular complexity index is 813. The summed E-state index contributed by atoms with van der Waals surface area (Å²) in [4.78, 5) is 11.3. The van der Waals surface area contributed by atoms with Gasteiger partial charge in [0.25, 0.3) is 0 Å². The van der Waals surface area contributed by atoms with Gasteiger partial charge in [0.15, 0.2) is 11.5 Å². The van der Waals surface area contributed by atoms with Crippen LogP contribution >= 0.6 is 0 Å². The van der Waals surface area contributed by atoms with Gasteiger partial charge in [-0.3, -0.25) is 4.79 Å². The van der Waals surface area contributed by atoms with Gasteiger partial charge in [-0.2, -0.15) is 5.26 Å². The average molecular weight is 396 g/mol. The molecule has 29 heavy (non-hydrogen) atoms. The molecule has 0 aliphatic heterocycles. The Hall–Kier alpha value is -3.20. The number of carbonyl (C=O) groups excluding carboxylic acids is 1. The fourth-order valence-corrected chi connectivity index (χ4v) is 2.82. The molecule has 2 rings (SSSR count). The molecule has 0 aliphatic rings. The molecule has 6 nitrogen and oxygen atoms in total. The Balaban J connectivity index is 1.78. The van der Waals surface area contributed by atoms with Crippen LogP contribution in [-0.2, 0) is 17.6 Å². The zero-order valence-electron chi connectivity index (χ0n) is 17.1. The van der Waals surface area contributed by atoms with Gasteiger partial charge in [0, 0.05) is 6.54 Å². The fourth-order valence-electron chi connectivity index (χ4n) is 2.82. The second kappa shape index (κ2) is 12.3. The Morgan fingerprint density at radius 3 is 2.41 bits per heavy atom. The predicted molar refractivity (Wildman–Crippen MR) is 111 cm³/mol. The van der Waals surface area contributed by atoms with Crippen LogP contribution in [0.3, 0.4) is 0 Å². The highest BCUT2D eigenvalue weighted by molar-refractivity contribution is 5.77. The van der Waals surface area contributed by atoms with Gasteiger partial charge >= 0.3 is 0 Å². The van der Waals surface area contributed by atoms with E-state index >= 15 is 0 Å². The number of benzene rings is 2. The predicted octanol–water partition coefficient (Wildman–Crippen LogP) is 3.68. The molecule has 0 spiro atoms. The van der Waals surface area contributed by atoms with Crippen LogP contribution in [0.4, 0.5) is 0 Å². The first-order valence-electron chi connectivity index (χ1n) is 9.81. The quantitative estimate of drug-likeness (QED) is 0.554. The lowest BCUT2D eigenvalue weighted by Crippen LogP contribution is -2.24. The van der Waals surface area contributed by atoms with Gasteiger partial charge in [-0.05, 0) is 48.2 Å². The summed E-state index contributed by atoms with van der Waals surface area (Å²) in [6.07, 6.45) is 2.72. The Labute approximate surface area is 172 Å². The number of hydrogen-bond acceptors (Lipinski definition) is 5. The minimum Gasteiger partial charge on any atom is -0.493 e. The van der Waals surface area contributed by atoms with Gasteiger partial charge in [-0.15, -0.1) is 0 Å². The lowest BCUT2D eigenvalue weighted by Gasteiger charge is -2.13. The molecule has 0 aromatic heterocycles. The van der Waals surface area contributed by atoms with Crippen molar-refractivity contribution in [1.29, 1.82) is 5.26 Å². The van der Waals surface area contributed by atoms with Crippen molar-refractivity contribution in [2.24, 2.45) is 0 Å². The first-order valence-corrected chi connectivity index (χ1v) is 9.81. The molecule has 0 heterocycles. The Morgan fingerprint density at radius 1 is 1.00 bits per heavy atom. The zero-order chi connectivity index (χ0) is 20.9. The molecule has 2 aromatic rings. The highest BCUT2D eigenvalue weighted by atomic mass is 16.5. The maximum absolute atomic E-state index is 11.3. The van der Waals surface area contributed by atoms with Gasteiger partial charge in [-0.25, -0.2) is 0 Å². The standard InChI is InChI=1S/C23H28N2O4/c1-3-4-18-5-8-20(9-6-18)28-15-16-29-21-10-7-19(17-22(21)27-2)12-14-25-23(26)11-13-24/h5-10,17H,3-4,11-12,14-16H2,1-2H3,(H,25,26). The number of nitriles is 1. The second-order valence-corrected chi connectivity index (χ2v) is 6.51. The minimum absolute atomic E-state index is 0.124. The van der Waals surface area contributed by atoms with Crippen LogP contribution in [0.5, 0.6) is 17.2 Å². The number of ether oxygens (including phenoxy) is 3. The number of rotatable bonds is 12. The van der Waals surface area contributed by atoms with Crippen molar-refractivity contribution in [3.63, 3.8) is 0 Å². The number of carbonyl (C=O) groups is 1. The first-order chi connectivity index (χ1) is 14.2. The molecule has 0 aliphatic carbocycles. The Morgan fingerprint density at radius 2 is 1.72 bits per heavy atom. The van der Waals surface area contributed by atoms with Gasteiger partial charge < -0.3 is 19.5 Å². The van der Waals surface area contributed by atoms with Gasteiger partial charge in [0.05, 0.1) is 13.2 Å². The molecular formula is C23H28N2O4. The number of aryl methyl sites for hydroxylation is 1. The molecule has 154 valence electrons. The molecule has 1 N–H and O–H groups in total. The fraction of sp³-hybridized carbons (Fsp3) is 0.391. The number of amides is 1. The van der Waals surface area contributed by atoms with E-state index in [0.29, 0.717) is 37.7 Å². The van der Waals surface area contributed by atoms with Crippen molar-refractivity contribution >= 4 is 5.91 Å². The van der Waals surface area contributed by atoms with E-state index < -0.39 is 0 Å². The minimum atomic E-state index is -0.264. The monoisotopic (exact) mass is 396 g/mol. The van der Waals surface area contributed by atoms with Crippen molar-refractivity contribution in [1.82, 2.24) is 5.32 Å². The van der Waals surface area contributed by atoms with E-state index in [4.69, 9.17) is 19.5 Å². The summed E-state index contributed by atoms with van der Waals surface area (Å²) >= 11 is 0. The van der Waals surface area contributed by atoms with Crippen LogP contribution in [0.1, 0.15) is 30.9 Å². The zero-order valence-corrected chi connectivity index (χ0v) is 17.1. The van der Waals surface area contributed by atoms with E-state index in [2.05, 4.69) is 24.4 Å². The lowest BCUT2D eigenvalue weighted by atomic mass is 10.1. The molecule has 0 unspecified atom stereocenters. The maximum Gasteiger partial charge on any atom is 0.234 e. The topological polar surface area (TPSA) is 80.6 Å². The molecule has 2 aromatic carbocycles. The molecule has 0 saturated heterocycles. The van der Waals surface area contributed by atoms with Crippen LogP contribution in [0, 0.1) is 11.3 Å². The molecule has 6 heteroatoms. The van der Waals surface area contributed by atoms with Crippen molar-refractivity contribution in [3.8, 4) is 23.3 Å². The van der Waals surface area contributed by atoms with E-state index in [-0.39, 0.29) is 12.3 Å². The van der Waals surface area contributed by atoms with Crippen molar-refractivity contribution in [3.05, 3.63) is 53.6 Å². The number of nitrogens with zero attached hydrogens (tertiary/aromatic N) is 1. The van der Waals surface area contributed by atoms with Crippen LogP contribution in [-0.4, -0.2) is 32.8 Å². The summed E-state index contributed by atoms with van der Waals surface area (Å²) in [6, 6.07) is 15.6. The van der Waals surface area contributed by atoms with E-state index in [1.54, 1.807) is 7.11 Å². The van der Waals surface area contributed by atoms with E-state index in [1.165, 1.54) is 5.56 Å². The van der Waals surface area contributed by atoms with Crippen molar-refractivity contribution in [2.45, 2.75) is 32.6 Å². The summed E-state index contributed by atoms with van der Waals surface area (Å²) in [5, 5.41) is 11.2. The number of methoxy groups -OCH3 is 1. The van der Waals surface area contributed by atoms with Crippen LogP contribution in [0.25, 0.3) is 0 Å². The van der Waals surface area contributed by atoms with E-state index in [9.17, 15) is 4.79 Å². The van der Waals surface area contributed by atoms with E-state index in [0.717, 1.165) is 24.2 Å². The van der Waals surface area contributed by atoms with Gasteiger partial charge in [0.1, 0.15) is 25.4 Å². The second-order valence-electron chi connectivity index (χ2n) is 6.51. The Kier molecular flexibility index (Phi) is 9.37. The molecule has 1 amide bonds. The van der Waals surface area contributed by atoms with Crippen molar-refractivity contribution < 1.29 is 19.0 Å². The molecule has 0 radical (unpaired) electrons.